The molecule has 0 bridgehead atoms. The number of hydrogen-bond donors (Lipinski definition) is 2. The Morgan fingerprint density at radius 3 is 2.82 bits per heavy atom. The van der Waals surface area contributed by atoms with Crippen LogP contribution in [0.5, 0.6) is 5.75 Å². The maximum absolute atomic E-state index is 10.8. The normalized spacial score (nSPS) is 10.2. The second-order valence-electron chi connectivity index (χ2n) is 3.33. The summed E-state index contributed by atoms with van der Waals surface area (Å²) in [7, 11) is 1.49. The standard InChI is InChI=1S/C11H10N2O3S/c1-16-9-4-7(11(14)15)2-3-8(9)13-5-10(17)12-6-13/h2-6,17H,1H3,(H,14,15). The Balaban J connectivity index is 2.51. The topological polar surface area (TPSA) is 64.3 Å². The van der Waals surface area contributed by atoms with E-state index in [9.17, 15) is 4.79 Å². The predicted octanol–water partition coefficient (Wildman–Crippen LogP) is 1.87. The van der Waals surface area contributed by atoms with Crippen molar-refractivity contribution in [2.24, 2.45) is 0 Å². The average molecular weight is 250 g/mol. The molecule has 2 aromatic rings. The van der Waals surface area contributed by atoms with Crippen LogP contribution in [0.4, 0.5) is 0 Å². The minimum atomic E-state index is -0.990. The Labute approximate surface area is 103 Å². The van der Waals surface area contributed by atoms with Crippen LogP contribution in [0.3, 0.4) is 0 Å². The van der Waals surface area contributed by atoms with Gasteiger partial charge in [-0.3, -0.25) is 0 Å². The van der Waals surface area contributed by atoms with E-state index in [2.05, 4.69) is 17.6 Å². The van der Waals surface area contributed by atoms with E-state index in [0.717, 1.165) is 0 Å². The summed E-state index contributed by atoms with van der Waals surface area (Å²) in [5, 5.41) is 9.46. The maximum Gasteiger partial charge on any atom is 0.335 e. The lowest BCUT2D eigenvalue weighted by molar-refractivity contribution is 0.0696. The molecule has 1 N–H and O–H groups in total. The van der Waals surface area contributed by atoms with E-state index in [-0.39, 0.29) is 5.56 Å². The van der Waals surface area contributed by atoms with Crippen molar-refractivity contribution in [3.05, 3.63) is 36.3 Å². The van der Waals surface area contributed by atoms with Gasteiger partial charge in [0.15, 0.2) is 0 Å². The number of ether oxygens (including phenoxy) is 1. The highest BCUT2D eigenvalue weighted by Crippen LogP contribution is 2.24. The number of carboxylic acid groups (broad SMARTS) is 1. The number of imidazole rings is 1. The third-order valence-corrected chi connectivity index (χ3v) is 2.50. The molecular formula is C11H10N2O3S. The Hall–Kier alpha value is -1.95. The number of rotatable bonds is 3. The lowest BCUT2D eigenvalue weighted by Crippen LogP contribution is -2.00. The van der Waals surface area contributed by atoms with Crippen LogP contribution >= 0.6 is 12.6 Å². The highest BCUT2D eigenvalue weighted by Gasteiger charge is 2.10. The van der Waals surface area contributed by atoms with Crippen LogP contribution in [-0.4, -0.2) is 27.7 Å². The van der Waals surface area contributed by atoms with Gasteiger partial charge in [0, 0.05) is 6.20 Å². The van der Waals surface area contributed by atoms with Crippen molar-refractivity contribution in [2.75, 3.05) is 7.11 Å². The summed E-state index contributed by atoms with van der Waals surface area (Å²) in [6.45, 7) is 0. The van der Waals surface area contributed by atoms with E-state index in [1.807, 2.05) is 0 Å². The highest BCUT2D eigenvalue weighted by molar-refractivity contribution is 7.80. The molecule has 0 saturated carbocycles. The number of thiol groups is 1. The quantitative estimate of drug-likeness (QED) is 0.816. The molecule has 0 spiro atoms. The molecule has 0 aliphatic rings. The molecule has 0 amide bonds. The summed E-state index contributed by atoms with van der Waals surface area (Å²) < 4.78 is 6.88. The summed E-state index contributed by atoms with van der Waals surface area (Å²) in [6.07, 6.45) is 3.29. The molecule has 0 radical (unpaired) electrons. The van der Waals surface area contributed by atoms with Crippen LogP contribution < -0.4 is 4.74 Å². The van der Waals surface area contributed by atoms with Crippen LogP contribution in [0.2, 0.25) is 0 Å². The van der Waals surface area contributed by atoms with E-state index in [4.69, 9.17) is 9.84 Å². The number of carbonyl (C=O) groups is 1. The van der Waals surface area contributed by atoms with Gasteiger partial charge in [0.05, 0.1) is 18.4 Å². The first-order valence-electron chi connectivity index (χ1n) is 4.76. The first-order chi connectivity index (χ1) is 8.11. The van der Waals surface area contributed by atoms with Gasteiger partial charge in [0.2, 0.25) is 0 Å². The van der Waals surface area contributed by atoms with Gasteiger partial charge in [-0.25, -0.2) is 9.78 Å². The third-order valence-electron chi connectivity index (χ3n) is 2.27. The Morgan fingerprint density at radius 1 is 1.53 bits per heavy atom. The molecule has 2 rings (SSSR count). The van der Waals surface area contributed by atoms with Gasteiger partial charge in [-0.05, 0) is 18.2 Å². The predicted molar refractivity (Wildman–Crippen MR) is 64.3 cm³/mol. The fourth-order valence-corrected chi connectivity index (χ4v) is 1.64. The molecule has 88 valence electrons. The van der Waals surface area contributed by atoms with E-state index < -0.39 is 5.97 Å². The second-order valence-corrected chi connectivity index (χ2v) is 3.79. The van der Waals surface area contributed by atoms with E-state index in [1.54, 1.807) is 23.2 Å². The molecule has 1 aromatic heterocycles. The number of aromatic nitrogens is 2. The third kappa shape index (κ3) is 2.26. The minimum absolute atomic E-state index is 0.178. The molecule has 1 heterocycles. The summed E-state index contributed by atoms with van der Waals surface area (Å²) in [5.74, 6) is -0.522. The Morgan fingerprint density at radius 2 is 2.29 bits per heavy atom. The number of aromatic carboxylic acids is 1. The zero-order valence-electron chi connectivity index (χ0n) is 8.99. The Bertz CT molecular complexity index is 566. The average Bonchev–Trinajstić information content (AvgIpc) is 2.74. The van der Waals surface area contributed by atoms with Crippen LogP contribution in [0, 0.1) is 0 Å². The minimum Gasteiger partial charge on any atom is -0.495 e. The molecule has 0 aliphatic heterocycles. The monoisotopic (exact) mass is 250 g/mol. The van der Waals surface area contributed by atoms with Crippen molar-refractivity contribution in [1.29, 1.82) is 0 Å². The van der Waals surface area contributed by atoms with Gasteiger partial charge in [0.25, 0.3) is 0 Å². The SMILES string of the molecule is COc1cc(C(=O)O)ccc1-n1cnc(S)c1. The number of hydrogen-bond acceptors (Lipinski definition) is 4. The van der Waals surface area contributed by atoms with Gasteiger partial charge in [-0.15, -0.1) is 12.6 Å². The zero-order chi connectivity index (χ0) is 12.4. The molecule has 1 aromatic carbocycles. The number of methoxy groups -OCH3 is 1. The fourth-order valence-electron chi connectivity index (χ4n) is 1.47. The van der Waals surface area contributed by atoms with Crippen LogP contribution in [0.25, 0.3) is 5.69 Å². The number of nitrogens with zero attached hydrogens (tertiary/aromatic N) is 2. The summed E-state index contributed by atoms with van der Waals surface area (Å²) in [4.78, 5) is 14.8. The molecule has 0 fully saturated rings. The molecule has 0 aliphatic carbocycles. The molecule has 0 saturated heterocycles. The van der Waals surface area contributed by atoms with Crippen molar-refractivity contribution in [3.8, 4) is 11.4 Å². The van der Waals surface area contributed by atoms with E-state index in [0.29, 0.717) is 16.5 Å². The van der Waals surface area contributed by atoms with Crippen LogP contribution in [-0.2, 0) is 0 Å². The van der Waals surface area contributed by atoms with E-state index >= 15 is 0 Å². The van der Waals surface area contributed by atoms with Crippen molar-refractivity contribution in [2.45, 2.75) is 5.03 Å². The molecular weight excluding hydrogens is 240 g/mol. The van der Waals surface area contributed by atoms with Crippen molar-refractivity contribution < 1.29 is 14.6 Å². The van der Waals surface area contributed by atoms with Crippen LogP contribution in [0.15, 0.2) is 35.7 Å². The van der Waals surface area contributed by atoms with Gasteiger partial charge >= 0.3 is 5.97 Å². The lowest BCUT2D eigenvalue weighted by Gasteiger charge is -2.09. The van der Waals surface area contributed by atoms with Crippen molar-refractivity contribution in [1.82, 2.24) is 9.55 Å². The van der Waals surface area contributed by atoms with Gasteiger partial charge in [-0.1, -0.05) is 0 Å². The first-order valence-corrected chi connectivity index (χ1v) is 5.21. The molecule has 5 nitrogen and oxygen atoms in total. The summed E-state index contributed by atoms with van der Waals surface area (Å²) in [5.41, 5.74) is 0.891. The molecule has 0 atom stereocenters. The zero-order valence-corrected chi connectivity index (χ0v) is 9.89. The molecule has 17 heavy (non-hydrogen) atoms. The second kappa shape index (κ2) is 4.50. The Kier molecular flexibility index (Phi) is 3.06. The first kappa shape index (κ1) is 11.5. The van der Waals surface area contributed by atoms with E-state index in [1.165, 1.54) is 19.2 Å². The van der Waals surface area contributed by atoms with Gasteiger partial charge in [0.1, 0.15) is 17.1 Å². The highest BCUT2D eigenvalue weighted by atomic mass is 32.1. The summed E-state index contributed by atoms with van der Waals surface area (Å²) >= 11 is 4.11. The maximum atomic E-state index is 10.8. The number of benzene rings is 1. The smallest absolute Gasteiger partial charge is 0.335 e. The lowest BCUT2D eigenvalue weighted by atomic mass is 10.2. The fraction of sp³-hybridized carbons (Fsp3) is 0.0909. The summed E-state index contributed by atoms with van der Waals surface area (Å²) in [6, 6.07) is 4.64. The van der Waals surface area contributed by atoms with Gasteiger partial charge < -0.3 is 14.4 Å². The van der Waals surface area contributed by atoms with Crippen LogP contribution in [0.1, 0.15) is 10.4 Å². The van der Waals surface area contributed by atoms with Crippen molar-refractivity contribution in [3.63, 3.8) is 0 Å². The molecule has 0 unspecified atom stereocenters. The molecule has 6 heteroatoms. The number of carboxylic acids is 1. The van der Waals surface area contributed by atoms with Gasteiger partial charge in [-0.2, -0.15) is 0 Å². The largest absolute Gasteiger partial charge is 0.495 e. The van der Waals surface area contributed by atoms with Crippen molar-refractivity contribution >= 4 is 18.6 Å².